The maximum Gasteiger partial charge on any atom is 0.264 e. The highest BCUT2D eigenvalue weighted by molar-refractivity contribution is 5.00. The van der Waals surface area contributed by atoms with Crippen molar-refractivity contribution in [1.29, 1.82) is 0 Å². The number of hydrogen-bond donors (Lipinski definition) is 1. The highest BCUT2D eigenvalue weighted by Gasteiger charge is 1.75. The van der Waals surface area contributed by atoms with Gasteiger partial charge >= 0.3 is 0 Å². The second kappa shape index (κ2) is 1.65. The molecule has 0 aromatic carbocycles. The molecule has 1 rings (SSSR count). The van der Waals surface area contributed by atoms with Crippen LogP contribution in [0, 0.1) is 0 Å². The van der Waals surface area contributed by atoms with Crippen LogP contribution in [-0.2, 0) is 0 Å². The number of aromatic amines is 1. The lowest BCUT2D eigenvalue weighted by Crippen LogP contribution is -2.07. The number of aromatic nitrogens is 2. The van der Waals surface area contributed by atoms with Gasteiger partial charge in [0.05, 0.1) is 0 Å². The fourth-order valence-electron chi connectivity index (χ4n) is 0.332. The third-order valence-electron chi connectivity index (χ3n) is 0.654. The van der Waals surface area contributed by atoms with Gasteiger partial charge in [0.1, 0.15) is 0 Å². The van der Waals surface area contributed by atoms with Gasteiger partial charge in [0.25, 0.3) is 5.56 Å². The van der Waals surface area contributed by atoms with Gasteiger partial charge in [0.2, 0.25) is 0 Å². The average molecular weight is 111 g/mol. The monoisotopic (exact) mass is 111 g/mol. The quantitative estimate of drug-likeness (QED) is 0.459. The Morgan fingerprint density at radius 2 is 2.38 bits per heavy atom. The summed E-state index contributed by atoms with van der Waals surface area (Å²) in [6.45, 7) is 0. The van der Waals surface area contributed by atoms with E-state index in [4.69, 9.17) is 0 Å². The van der Waals surface area contributed by atoms with Gasteiger partial charge in [-0.3, -0.25) is 4.79 Å². The molecular weight excluding hydrogens is 108 g/mol. The zero-order chi connectivity index (χ0) is 5.98. The number of hydrogen-bond acceptors (Lipinski definition) is 3. The van der Waals surface area contributed by atoms with Gasteiger partial charge < -0.3 is 5.11 Å². The van der Waals surface area contributed by atoms with Crippen molar-refractivity contribution < 1.29 is 5.11 Å². The van der Waals surface area contributed by atoms with Gasteiger partial charge in [0, 0.05) is 11.9 Å². The molecule has 0 spiro atoms. The van der Waals surface area contributed by atoms with E-state index in [0.717, 1.165) is 12.1 Å². The Morgan fingerprint density at radius 3 is 2.75 bits per heavy atom. The van der Waals surface area contributed by atoms with Gasteiger partial charge in [-0.05, 0) is 6.07 Å². The lowest BCUT2D eigenvalue weighted by atomic mass is 10.6. The van der Waals surface area contributed by atoms with Crippen molar-refractivity contribution in [2.45, 2.75) is 0 Å². The highest BCUT2D eigenvalue weighted by atomic mass is 16.3. The Morgan fingerprint density at radius 1 is 1.62 bits per heavy atom. The smallest absolute Gasteiger partial charge is 0.264 e. The van der Waals surface area contributed by atoms with Crippen LogP contribution >= 0.6 is 0 Å². The molecule has 0 aliphatic heterocycles. The van der Waals surface area contributed by atoms with E-state index in [2.05, 4.69) is 5.10 Å². The largest absolute Gasteiger partial charge is 0.857 e. The summed E-state index contributed by atoms with van der Waals surface area (Å²) in [5, 5.41) is 15.2. The number of nitrogens with zero attached hydrogens (tertiary/aromatic N) is 1. The molecule has 1 aromatic heterocycles. The van der Waals surface area contributed by atoms with Crippen molar-refractivity contribution in [1.82, 2.24) is 10.2 Å². The summed E-state index contributed by atoms with van der Waals surface area (Å²) in [6.07, 6.45) is 0. The topological polar surface area (TPSA) is 68.8 Å². The van der Waals surface area contributed by atoms with Gasteiger partial charge in [-0.15, -0.1) is 0 Å². The van der Waals surface area contributed by atoms with Crippen molar-refractivity contribution in [3.63, 3.8) is 0 Å². The predicted molar refractivity (Wildman–Crippen MR) is 24.3 cm³/mol. The van der Waals surface area contributed by atoms with Crippen LogP contribution in [0.1, 0.15) is 0 Å². The van der Waals surface area contributed by atoms with Gasteiger partial charge in [-0.2, -0.15) is 5.10 Å². The molecule has 0 radical (unpaired) electrons. The summed E-state index contributed by atoms with van der Waals surface area (Å²) in [5.41, 5.74) is -0.357. The van der Waals surface area contributed by atoms with Crippen LogP contribution in [0.3, 0.4) is 0 Å². The van der Waals surface area contributed by atoms with Crippen molar-refractivity contribution >= 4 is 0 Å². The number of H-pyrrole nitrogens is 1. The van der Waals surface area contributed by atoms with Crippen LogP contribution in [0.2, 0.25) is 0 Å². The summed E-state index contributed by atoms with van der Waals surface area (Å²) >= 11 is 0. The molecule has 1 N–H and O–H groups in total. The van der Waals surface area contributed by atoms with Gasteiger partial charge in [-0.25, -0.2) is 5.10 Å². The van der Waals surface area contributed by atoms with E-state index >= 15 is 0 Å². The minimum absolute atomic E-state index is 0.357. The Bertz CT molecular complexity index is 209. The van der Waals surface area contributed by atoms with Crippen molar-refractivity contribution in [3.8, 4) is 5.88 Å². The van der Waals surface area contributed by atoms with E-state index in [0.29, 0.717) is 0 Å². The fraction of sp³-hybridized carbons (Fsp3) is 0. The van der Waals surface area contributed by atoms with Crippen LogP contribution < -0.4 is 10.7 Å². The maximum absolute atomic E-state index is 10.2. The number of rotatable bonds is 0. The van der Waals surface area contributed by atoms with Crippen LogP contribution in [-0.4, -0.2) is 10.2 Å². The van der Waals surface area contributed by atoms with Gasteiger partial charge in [-0.1, -0.05) is 0 Å². The first-order valence-electron chi connectivity index (χ1n) is 2.02. The second-order valence-electron chi connectivity index (χ2n) is 1.26. The molecule has 1 aromatic rings. The summed E-state index contributed by atoms with van der Waals surface area (Å²) in [4.78, 5) is 10.2. The molecule has 0 saturated heterocycles. The SMILES string of the molecule is O=c1ccc([O-])n[nH]1. The molecule has 0 amide bonds. The Labute approximate surface area is 44.8 Å². The summed E-state index contributed by atoms with van der Waals surface area (Å²) in [6, 6.07) is 2.24. The van der Waals surface area contributed by atoms with Crippen LogP contribution in [0.5, 0.6) is 5.88 Å². The molecule has 8 heavy (non-hydrogen) atoms. The Balaban J connectivity index is 3.22. The molecule has 0 unspecified atom stereocenters. The van der Waals surface area contributed by atoms with Crippen LogP contribution in [0.4, 0.5) is 0 Å². The molecule has 0 atom stereocenters. The lowest BCUT2D eigenvalue weighted by molar-refractivity contribution is -0.276. The summed E-state index contributed by atoms with van der Waals surface area (Å²) in [5.74, 6) is -0.426. The van der Waals surface area contributed by atoms with Gasteiger partial charge in [0.15, 0.2) is 0 Å². The fourth-order valence-corrected chi connectivity index (χ4v) is 0.332. The second-order valence-corrected chi connectivity index (χ2v) is 1.26. The molecule has 0 saturated carbocycles. The minimum Gasteiger partial charge on any atom is -0.857 e. The molecule has 4 heteroatoms. The lowest BCUT2D eigenvalue weighted by Gasteiger charge is -1.96. The van der Waals surface area contributed by atoms with E-state index in [1.54, 1.807) is 0 Å². The first-order valence-corrected chi connectivity index (χ1v) is 2.02. The molecule has 4 nitrogen and oxygen atoms in total. The maximum atomic E-state index is 10.2. The molecular formula is C4H3N2O2-. The summed E-state index contributed by atoms with van der Waals surface area (Å²) in [7, 11) is 0. The van der Waals surface area contributed by atoms with E-state index in [-0.39, 0.29) is 5.56 Å². The van der Waals surface area contributed by atoms with Crippen molar-refractivity contribution in [3.05, 3.63) is 22.5 Å². The molecule has 0 aliphatic rings. The minimum atomic E-state index is -0.426. The molecule has 1 heterocycles. The summed E-state index contributed by atoms with van der Waals surface area (Å²) < 4.78 is 0. The van der Waals surface area contributed by atoms with E-state index in [1.807, 2.05) is 5.10 Å². The molecule has 0 bridgehead atoms. The zero-order valence-corrected chi connectivity index (χ0v) is 3.92. The van der Waals surface area contributed by atoms with E-state index < -0.39 is 5.88 Å². The van der Waals surface area contributed by atoms with Crippen molar-refractivity contribution in [2.75, 3.05) is 0 Å². The highest BCUT2D eigenvalue weighted by Crippen LogP contribution is 1.85. The third-order valence-corrected chi connectivity index (χ3v) is 0.654. The first kappa shape index (κ1) is 4.83. The van der Waals surface area contributed by atoms with E-state index in [1.165, 1.54) is 0 Å². The normalized spacial score (nSPS) is 9.00. The van der Waals surface area contributed by atoms with Crippen molar-refractivity contribution in [2.24, 2.45) is 0 Å². The molecule has 0 aliphatic carbocycles. The van der Waals surface area contributed by atoms with Crippen LogP contribution in [0.25, 0.3) is 0 Å². The van der Waals surface area contributed by atoms with E-state index in [9.17, 15) is 9.90 Å². The first-order chi connectivity index (χ1) is 3.79. The standard InChI is InChI=1S/C4H4N2O2/c7-3-1-2-4(8)6-5-3/h1-2H,(H,5,7)(H,6,8)/p-1. The predicted octanol–water partition coefficient (Wildman–Crippen LogP) is -1.16. The molecule has 0 fully saturated rings. The average Bonchev–Trinajstić information content (AvgIpc) is 1.77. The third kappa shape index (κ3) is 0.841. The Kier molecular flexibility index (Phi) is 0.997. The Hall–Kier alpha value is -1.32. The zero-order valence-electron chi connectivity index (χ0n) is 3.92. The molecule has 42 valence electrons. The van der Waals surface area contributed by atoms with Crippen LogP contribution in [0.15, 0.2) is 16.9 Å². The number of nitrogens with one attached hydrogen (secondary N) is 1.